The Kier molecular flexibility index (Phi) is 3.82. The summed E-state index contributed by atoms with van der Waals surface area (Å²) in [6, 6.07) is 0.641. The number of aliphatic hydroxyl groups excluding tert-OH is 1. The summed E-state index contributed by atoms with van der Waals surface area (Å²) in [5.41, 5.74) is 0. The number of hydrogen-bond acceptors (Lipinski definition) is 3. The third-order valence-electron chi connectivity index (χ3n) is 3.68. The van der Waals surface area contributed by atoms with Gasteiger partial charge in [0.1, 0.15) is 0 Å². The van der Waals surface area contributed by atoms with Crippen molar-refractivity contribution in [3.8, 4) is 0 Å². The number of aliphatic hydroxyl groups is 1. The molecular formula is C12H22N2O2. The van der Waals surface area contributed by atoms with Crippen LogP contribution in [0.2, 0.25) is 0 Å². The van der Waals surface area contributed by atoms with Gasteiger partial charge in [-0.25, -0.2) is 0 Å². The van der Waals surface area contributed by atoms with Crippen molar-refractivity contribution in [3.05, 3.63) is 0 Å². The van der Waals surface area contributed by atoms with Crippen LogP contribution in [0, 0.1) is 5.92 Å². The average Bonchev–Trinajstić information content (AvgIpc) is 3.13. The Morgan fingerprint density at radius 3 is 2.81 bits per heavy atom. The first-order valence-electron chi connectivity index (χ1n) is 6.29. The van der Waals surface area contributed by atoms with Crippen molar-refractivity contribution in [2.75, 3.05) is 33.3 Å². The van der Waals surface area contributed by atoms with Gasteiger partial charge in [0.2, 0.25) is 5.91 Å². The van der Waals surface area contributed by atoms with E-state index in [1.54, 1.807) is 0 Å². The molecule has 2 aliphatic rings. The SMILES string of the molecule is CN(CC(=O)N1CCCC(CO)C1)C1CC1. The number of piperidine rings is 1. The first-order valence-corrected chi connectivity index (χ1v) is 6.29. The second kappa shape index (κ2) is 5.15. The van der Waals surface area contributed by atoms with Crippen LogP contribution in [0.15, 0.2) is 0 Å². The number of likely N-dealkylation sites (tertiary alicyclic amines) is 1. The third kappa shape index (κ3) is 2.95. The van der Waals surface area contributed by atoms with E-state index in [9.17, 15) is 4.79 Å². The molecule has 1 N–H and O–H groups in total. The van der Waals surface area contributed by atoms with Crippen LogP contribution < -0.4 is 0 Å². The number of carbonyl (C=O) groups is 1. The van der Waals surface area contributed by atoms with E-state index >= 15 is 0 Å². The van der Waals surface area contributed by atoms with Crippen LogP contribution in [0.4, 0.5) is 0 Å². The van der Waals surface area contributed by atoms with Gasteiger partial charge >= 0.3 is 0 Å². The highest BCUT2D eigenvalue weighted by Crippen LogP contribution is 2.25. The largest absolute Gasteiger partial charge is 0.396 e. The van der Waals surface area contributed by atoms with Crippen molar-refractivity contribution in [1.82, 2.24) is 9.80 Å². The van der Waals surface area contributed by atoms with Crippen molar-refractivity contribution in [2.24, 2.45) is 5.92 Å². The molecule has 0 radical (unpaired) electrons. The van der Waals surface area contributed by atoms with Gasteiger partial charge in [0.25, 0.3) is 0 Å². The molecule has 4 nitrogen and oxygen atoms in total. The lowest BCUT2D eigenvalue weighted by Crippen LogP contribution is -2.45. The smallest absolute Gasteiger partial charge is 0.236 e. The molecule has 4 heteroatoms. The molecule has 1 aliphatic carbocycles. The predicted octanol–water partition coefficient (Wildman–Crippen LogP) is 0.311. The summed E-state index contributed by atoms with van der Waals surface area (Å²) >= 11 is 0. The number of amides is 1. The van der Waals surface area contributed by atoms with Gasteiger partial charge in [-0.1, -0.05) is 0 Å². The van der Waals surface area contributed by atoms with E-state index in [0.29, 0.717) is 18.5 Å². The second-order valence-corrected chi connectivity index (χ2v) is 5.18. The van der Waals surface area contributed by atoms with Crippen molar-refractivity contribution in [2.45, 2.75) is 31.7 Å². The van der Waals surface area contributed by atoms with Gasteiger partial charge in [0.15, 0.2) is 0 Å². The first-order chi connectivity index (χ1) is 7.70. The minimum absolute atomic E-state index is 0.211. The fourth-order valence-corrected chi connectivity index (χ4v) is 2.40. The Hall–Kier alpha value is -0.610. The molecule has 92 valence electrons. The molecule has 0 aromatic carbocycles. The summed E-state index contributed by atoms with van der Waals surface area (Å²) in [4.78, 5) is 16.1. The molecular weight excluding hydrogens is 204 g/mol. The Labute approximate surface area is 97.2 Å². The minimum Gasteiger partial charge on any atom is -0.396 e. The predicted molar refractivity (Wildman–Crippen MR) is 62.0 cm³/mol. The Morgan fingerprint density at radius 1 is 1.44 bits per heavy atom. The number of rotatable bonds is 4. The number of carbonyl (C=O) groups excluding carboxylic acids is 1. The topological polar surface area (TPSA) is 43.8 Å². The van der Waals surface area contributed by atoms with Gasteiger partial charge in [-0.3, -0.25) is 9.69 Å². The van der Waals surface area contributed by atoms with Gasteiger partial charge in [-0.2, -0.15) is 0 Å². The lowest BCUT2D eigenvalue weighted by Gasteiger charge is -2.33. The second-order valence-electron chi connectivity index (χ2n) is 5.18. The monoisotopic (exact) mass is 226 g/mol. The summed E-state index contributed by atoms with van der Waals surface area (Å²) in [7, 11) is 2.03. The van der Waals surface area contributed by atoms with Crippen molar-refractivity contribution < 1.29 is 9.90 Å². The molecule has 0 spiro atoms. The maximum Gasteiger partial charge on any atom is 0.236 e. The third-order valence-corrected chi connectivity index (χ3v) is 3.68. The number of hydrogen-bond donors (Lipinski definition) is 1. The van der Waals surface area contributed by atoms with E-state index in [-0.39, 0.29) is 12.5 Å². The van der Waals surface area contributed by atoms with E-state index in [4.69, 9.17) is 5.11 Å². The van der Waals surface area contributed by atoms with Gasteiger partial charge in [-0.15, -0.1) is 0 Å². The Bertz CT molecular complexity index is 253. The quantitative estimate of drug-likeness (QED) is 0.750. The Balaban J connectivity index is 1.78. The van der Waals surface area contributed by atoms with Crippen LogP contribution in [0.25, 0.3) is 0 Å². The molecule has 1 amide bonds. The minimum atomic E-state index is 0.211. The van der Waals surface area contributed by atoms with Crippen molar-refractivity contribution in [3.63, 3.8) is 0 Å². The highest BCUT2D eigenvalue weighted by molar-refractivity contribution is 5.78. The number of nitrogens with zero attached hydrogens (tertiary/aromatic N) is 2. The van der Waals surface area contributed by atoms with Crippen LogP contribution in [0.5, 0.6) is 0 Å². The average molecular weight is 226 g/mol. The molecule has 1 saturated carbocycles. The van der Waals surface area contributed by atoms with Gasteiger partial charge in [-0.05, 0) is 38.6 Å². The van der Waals surface area contributed by atoms with Crippen molar-refractivity contribution >= 4 is 5.91 Å². The molecule has 1 heterocycles. The molecule has 2 rings (SSSR count). The maximum absolute atomic E-state index is 12.0. The molecule has 0 aromatic rings. The highest BCUT2D eigenvalue weighted by atomic mass is 16.3. The first kappa shape index (κ1) is 11.9. The van der Waals surface area contributed by atoms with E-state index in [1.807, 2.05) is 11.9 Å². The molecule has 16 heavy (non-hydrogen) atoms. The van der Waals surface area contributed by atoms with E-state index in [0.717, 1.165) is 25.9 Å². The van der Waals surface area contributed by atoms with E-state index in [1.165, 1.54) is 12.8 Å². The molecule has 1 atom stereocenters. The summed E-state index contributed by atoms with van der Waals surface area (Å²) in [6.07, 6.45) is 4.56. The highest BCUT2D eigenvalue weighted by Gasteiger charge is 2.29. The van der Waals surface area contributed by atoms with E-state index in [2.05, 4.69) is 4.90 Å². The number of likely N-dealkylation sites (N-methyl/N-ethyl adjacent to an activating group) is 1. The maximum atomic E-state index is 12.0. The standard InChI is InChI=1S/C12H22N2O2/c1-13(11-4-5-11)8-12(16)14-6-2-3-10(7-14)9-15/h10-11,15H,2-9H2,1H3. The zero-order valence-electron chi connectivity index (χ0n) is 10.1. The fraction of sp³-hybridized carbons (Fsp3) is 0.917. The van der Waals surface area contributed by atoms with Crippen LogP contribution in [0.1, 0.15) is 25.7 Å². The molecule has 0 aromatic heterocycles. The zero-order valence-corrected chi connectivity index (χ0v) is 10.1. The van der Waals surface area contributed by atoms with Crippen LogP contribution in [0.3, 0.4) is 0 Å². The molecule has 2 fully saturated rings. The van der Waals surface area contributed by atoms with Crippen molar-refractivity contribution in [1.29, 1.82) is 0 Å². The summed E-state index contributed by atoms with van der Waals surface area (Å²) < 4.78 is 0. The van der Waals surface area contributed by atoms with Gasteiger partial charge in [0.05, 0.1) is 6.54 Å². The molecule has 1 aliphatic heterocycles. The lowest BCUT2D eigenvalue weighted by molar-refractivity contribution is -0.134. The van der Waals surface area contributed by atoms with Gasteiger partial charge in [0, 0.05) is 25.7 Å². The van der Waals surface area contributed by atoms with Crippen LogP contribution >= 0.6 is 0 Å². The van der Waals surface area contributed by atoms with E-state index < -0.39 is 0 Å². The molecule has 1 unspecified atom stereocenters. The van der Waals surface area contributed by atoms with Crippen LogP contribution in [-0.2, 0) is 4.79 Å². The Morgan fingerprint density at radius 2 is 2.19 bits per heavy atom. The zero-order chi connectivity index (χ0) is 11.5. The fourth-order valence-electron chi connectivity index (χ4n) is 2.40. The summed E-state index contributed by atoms with van der Waals surface area (Å²) in [5, 5.41) is 9.12. The summed E-state index contributed by atoms with van der Waals surface area (Å²) in [5.74, 6) is 0.525. The molecule has 0 bridgehead atoms. The van der Waals surface area contributed by atoms with Gasteiger partial charge < -0.3 is 10.0 Å². The lowest BCUT2D eigenvalue weighted by atomic mass is 9.99. The summed E-state index contributed by atoms with van der Waals surface area (Å²) in [6.45, 7) is 2.37. The normalized spacial score (nSPS) is 26.2. The van der Waals surface area contributed by atoms with Crippen LogP contribution in [-0.4, -0.2) is 60.1 Å². The molecule has 1 saturated heterocycles.